The Morgan fingerprint density at radius 2 is 1.83 bits per heavy atom. The van der Waals surface area contributed by atoms with Gasteiger partial charge in [-0.1, -0.05) is 55.8 Å². The molecule has 2 aromatic carbocycles. The van der Waals surface area contributed by atoms with Gasteiger partial charge in [0.25, 0.3) is 0 Å². The molecule has 0 saturated carbocycles. The summed E-state index contributed by atoms with van der Waals surface area (Å²) in [4.78, 5) is 25.1. The Morgan fingerprint density at radius 3 is 2.57 bits per heavy atom. The number of ether oxygens (including phenoxy) is 2. The summed E-state index contributed by atoms with van der Waals surface area (Å²) in [6, 6.07) is 12.2. The van der Waals surface area contributed by atoms with Crippen LogP contribution in [0.3, 0.4) is 0 Å². The normalized spacial score (nSPS) is 13.6. The topological polar surface area (TPSA) is 76.7 Å². The number of carbonyl (C=O) groups excluding carboxylic acids is 2. The minimum atomic E-state index is -0.735. The van der Waals surface area contributed by atoms with Gasteiger partial charge in [-0.25, -0.2) is 0 Å². The van der Waals surface area contributed by atoms with E-state index in [0.29, 0.717) is 49.1 Å². The first-order chi connectivity index (χ1) is 14.4. The Balaban J connectivity index is 1.63. The van der Waals surface area contributed by atoms with Crippen molar-refractivity contribution in [1.82, 2.24) is 10.6 Å². The smallest absolute Gasteiger partial charge is 0.247 e. The molecule has 1 aliphatic heterocycles. The third-order valence-corrected chi connectivity index (χ3v) is 4.94. The van der Waals surface area contributed by atoms with Gasteiger partial charge >= 0.3 is 0 Å². The lowest BCUT2D eigenvalue weighted by Crippen LogP contribution is -2.41. The number of rotatable bonds is 8. The lowest BCUT2D eigenvalue weighted by Gasteiger charge is -2.21. The van der Waals surface area contributed by atoms with Crippen molar-refractivity contribution in [1.29, 1.82) is 0 Å². The Kier molecular flexibility index (Phi) is 7.57. The summed E-state index contributed by atoms with van der Waals surface area (Å²) in [7, 11) is 0. The Hall–Kier alpha value is -2.73. The van der Waals surface area contributed by atoms with Crippen LogP contribution >= 0.6 is 11.6 Å². The van der Waals surface area contributed by atoms with Crippen molar-refractivity contribution in [2.24, 2.45) is 5.92 Å². The van der Waals surface area contributed by atoms with Gasteiger partial charge in [0.2, 0.25) is 11.8 Å². The second-order valence-corrected chi connectivity index (χ2v) is 8.06. The van der Waals surface area contributed by atoms with E-state index < -0.39 is 6.04 Å². The number of fused-ring (bicyclic) bond motifs is 1. The van der Waals surface area contributed by atoms with E-state index in [0.717, 1.165) is 11.1 Å². The molecule has 3 rings (SSSR count). The molecule has 0 spiro atoms. The van der Waals surface area contributed by atoms with Gasteiger partial charge in [-0.2, -0.15) is 0 Å². The molecule has 6 nitrogen and oxygen atoms in total. The lowest BCUT2D eigenvalue weighted by molar-refractivity contribution is -0.129. The number of amides is 2. The van der Waals surface area contributed by atoms with Crippen LogP contribution in [0.25, 0.3) is 0 Å². The van der Waals surface area contributed by atoms with E-state index >= 15 is 0 Å². The van der Waals surface area contributed by atoms with Gasteiger partial charge in [-0.05, 0) is 35.6 Å². The van der Waals surface area contributed by atoms with Gasteiger partial charge in [0.15, 0.2) is 11.5 Å². The molecule has 1 unspecified atom stereocenters. The van der Waals surface area contributed by atoms with E-state index in [1.165, 1.54) is 0 Å². The van der Waals surface area contributed by atoms with Gasteiger partial charge in [-0.15, -0.1) is 0 Å². The van der Waals surface area contributed by atoms with Crippen molar-refractivity contribution in [3.8, 4) is 11.5 Å². The van der Waals surface area contributed by atoms with E-state index in [1.807, 2.05) is 56.3 Å². The molecule has 30 heavy (non-hydrogen) atoms. The fraction of sp³-hybridized carbons (Fsp3) is 0.391. The van der Waals surface area contributed by atoms with Crippen LogP contribution in [0.5, 0.6) is 11.5 Å². The Bertz CT molecular complexity index is 886. The van der Waals surface area contributed by atoms with Crippen LogP contribution in [-0.2, 0) is 16.0 Å². The van der Waals surface area contributed by atoms with E-state index in [4.69, 9.17) is 21.1 Å². The van der Waals surface area contributed by atoms with Crippen molar-refractivity contribution in [2.45, 2.75) is 32.7 Å². The summed E-state index contributed by atoms with van der Waals surface area (Å²) in [5.41, 5.74) is 1.68. The quantitative estimate of drug-likeness (QED) is 0.669. The zero-order chi connectivity index (χ0) is 21.5. The minimum absolute atomic E-state index is 0.146. The van der Waals surface area contributed by atoms with E-state index in [2.05, 4.69) is 10.6 Å². The van der Waals surface area contributed by atoms with Crippen molar-refractivity contribution in [3.63, 3.8) is 0 Å². The molecule has 0 fully saturated rings. The van der Waals surface area contributed by atoms with Crippen LogP contribution < -0.4 is 20.1 Å². The zero-order valence-corrected chi connectivity index (χ0v) is 18.0. The van der Waals surface area contributed by atoms with Gasteiger partial charge in [0.05, 0.1) is 5.02 Å². The Labute approximate surface area is 181 Å². The van der Waals surface area contributed by atoms with Crippen LogP contribution in [0, 0.1) is 5.92 Å². The summed E-state index contributed by atoms with van der Waals surface area (Å²) in [5.74, 6) is 1.00. The maximum atomic E-state index is 12.9. The molecule has 0 aromatic heterocycles. The highest BCUT2D eigenvalue weighted by molar-refractivity contribution is 6.32. The van der Waals surface area contributed by atoms with E-state index in [-0.39, 0.29) is 17.7 Å². The van der Waals surface area contributed by atoms with Crippen molar-refractivity contribution >= 4 is 23.4 Å². The summed E-state index contributed by atoms with van der Waals surface area (Å²) in [5, 5.41) is 6.27. The number of carbonyl (C=O) groups is 2. The second kappa shape index (κ2) is 10.3. The first-order valence-electron chi connectivity index (χ1n) is 10.1. The van der Waals surface area contributed by atoms with Gasteiger partial charge in [-0.3, -0.25) is 9.59 Å². The van der Waals surface area contributed by atoms with Crippen LogP contribution in [0.2, 0.25) is 5.02 Å². The molecule has 2 amide bonds. The molecule has 0 radical (unpaired) electrons. The number of benzene rings is 2. The van der Waals surface area contributed by atoms with Crippen LogP contribution in [0.15, 0.2) is 42.5 Å². The fourth-order valence-electron chi connectivity index (χ4n) is 3.28. The third-order valence-electron chi connectivity index (χ3n) is 4.66. The molecule has 0 saturated heterocycles. The standard InChI is InChI=1S/C23H27ClN2O4/c1-15(2)12-20(27)26-21(17-6-4-3-5-7-17)23(28)25-9-8-16-13-18(24)22-19(14-16)29-10-11-30-22/h3-7,13-15,21H,8-12H2,1-2H3,(H,25,28)(H,26,27). The van der Waals surface area contributed by atoms with Gasteiger partial charge < -0.3 is 20.1 Å². The summed E-state index contributed by atoms with van der Waals surface area (Å²) < 4.78 is 11.1. The largest absolute Gasteiger partial charge is 0.486 e. The van der Waals surface area contributed by atoms with Gasteiger partial charge in [0, 0.05) is 13.0 Å². The summed E-state index contributed by atoms with van der Waals surface area (Å²) >= 11 is 6.28. The minimum Gasteiger partial charge on any atom is -0.486 e. The first-order valence-corrected chi connectivity index (χ1v) is 10.5. The molecular weight excluding hydrogens is 404 g/mol. The highest BCUT2D eigenvalue weighted by Gasteiger charge is 2.23. The molecule has 0 bridgehead atoms. The molecule has 160 valence electrons. The van der Waals surface area contributed by atoms with Crippen LogP contribution in [0.1, 0.15) is 37.4 Å². The van der Waals surface area contributed by atoms with Crippen molar-refractivity contribution < 1.29 is 19.1 Å². The molecular formula is C23H27ClN2O4. The Morgan fingerprint density at radius 1 is 1.10 bits per heavy atom. The summed E-state index contributed by atoms with van der Waals surface area (Å²) in [6.45, 7) is 5.30. The second-order valence-electron chi connectivity index (χ2n) is 7.65. The molecule has 7 heteroatoms. The number of hydrogen-bond donors (Lipinski definition) is 2. The summed E-state index contributed by atoms with van der Waals surface area (Å²) in [6.07, 6.45) is 0.940. The van der Waals surface area contributed by atoms with E-state index in [9.17, 15) is 9.59 Å². The van der Waals surface area contributed by atoms with Crippen LogP contribution in [0.4, 0.5) is 0 Å². The third kappa shape index (κ3) is 5.89. The lowest BCUT2D eigenvalue weighted by atomic mass is 10.0. The molecule has 2 aromatic rings. The highest BCUT2D eigenvalue weighted by Crippen LogP contribution is 2.38. The maximum absolute atomic E-state index is 12.9. The number of halogens is 1. The molecule has 0 aliphatic carbocycles. The monoisotopic (exact) mass is 430 g/mol. The molecule has 2 N–H and O–H groups in total. The average Bonchev–Trinajstić information content (AvgIpc) is 2.72. The highest BCUT2D eigenvalue weighted by atomic mass is 35.5. The maximum Gasteiger partial charge on any atom is 0.247 e. The fourth-order valence-corrected chi connectivity index (χ4v) is 3.56. The predicted molar refractivity (Wildman–Crippen MR) is 116 cm³/mol. The molecule has 1 heterocycles. The average molecular weight is 431 g/mol. The SMILES string of the molecule is CC(C)CC(=O)NC(C(=O)NCCc1cc(Cl)c2c(c1)OCCO2)c1ccccc1. The predicted octanol–water partition coefficient (Wildman–Crippen LogP) is 3.67. The van der Waals surface area contributed by atoms with Crippen molar-refractivity contribution in [3.05, 3.63) is 58.6 Å². The first kappa shape index (κ1) is 22.0. The number of hydrogen-bond acceptors (Lipinski definition) is 4. The number of nitrogens with one attached hydrogen (secondary N) is 2. The molecule has 1 atom stereocenters. The van der Waals surface area contributed by atoms with Crippen LogP contribution in [-0.4, -0.2) is 31.6 Å². The zero-order valence-electron chi connectivity index (χ0n) is 17.2. The van der Waals surface area contributed by atoms with Crippen molar-refractivity contribution in [2.75, 3.05) is 19.8 Å². The molecule has 1 aliphatic rings. The van der Waals surface area contributed by atoms with E-state index in [1.54, 1.807) is 0 Å². The van der Waals surface area contributed by atoms with Gasteiger partial charge in [0.1, 0.15) is 19.3 Å².